The summed E-state index contributed by atoms with van der Waals surface area (Å²) in [5.74, 6) is -1.11. The van der Waals surface area contributed by atoms with Crippen molar-refractivity contribution in [1.29, 1.82) is 0 Å². The number of hydrogen-bond acceptors (Lipinski definition) is 3. The van der Waals surface area contributed by atoms with E-state index in [1.807, 2.05) is 50.2 Å². The molecule has 1 saturated heterocycles. The normalized spacial score (nSPS) is 14.4. The zero-order chi connectivity index (χ0) is 21.4. The van der Waals surface area contributed by atoms with Gasteiger partial charge in [-0.1, -0.05) is 35.4 Å². The molecular weight excluding hydrogens is 402 g/mol. The topological polar surface area (TPSA) is 65.8 Å². The lowest BCUT2D eigenvalue weighted by Gasteiger charge is -2.37. The largest absolute Gasteiger partial charge is 0.477 e. The quantitative estimate of drug-likeness (QED) is 0.687. The van der Waals surface area contributed by atoms with Crippen molar-refractivity contribution in [3.8, 4) is 0 Å². The van der Waals surface area contributed by atoms with E-state index >= 15 is 0 Å². The van der Waals surface area contributed by atoms with Crippen LogP contribution in [0.25, 0.3) is 10.9 Å². The number of aromatic nitrogens is 1. The van der Waals surface area contributed by atoms with Crippen molar-refractivity contribution >= 4 is 40.1 Å². The van der Waals surface area contributed by atoms with Crippen LogP contribution in [0.3, 0.4) is 0 Å². The van der Waals surface area contributed by atoms with Gasteiger partial charge in [-0.05, 0) is 43.7 Å². The zero-order valence-electron chi connectivity index (χ0n) is 17.1. The van der Waals surface area contributed by atoms with Crippen LogP contribution < -0.4 is 4.90 Å². The van der Waals surface area contributed by atoms with E-state index in [1.165, 1.54) is 0 Å². The zero-order valence-corrected chi connectivity index (χ0v) is 17.8. The summed E-state index contributed by atoms with van der Waals surface area (Å²) in [6, 6.07) is 13.2. The number of aromatic carboxylic acids is 1. The van der Waals surface area contributed by atoms with E-state index in [1.54, 1.807) is 15.5 Å². The Morgan fingerprint density at radius 2 is 1.77 bits per heavy atom. The second-order valence-corrected chi connectivity index (χ2v) is 8.16. The summed E-state index contributed by atoms with van der Waals surface area (Å²) < 4.78 is 1.60. The molecule has 1 aliphatic rings. The van der Waals surface area contributed by atoms with E-state index in [0.717, 1.165) is 32.7 Å². The lowest BCUT2D eigenvalue weighted by molar-refractivity contribution is -0.132. The molecule has 1 aromatic heterocycles. The van der Waals surface area contributed by atoms with E-state index < -0.39 is 5.97 Å². The van der Waals surface area contributed by atoms with Crippen LogP contribution in [-0.4, -0.2) is 52.6 Å². The average molecular weight is 426 g/mol. The van der Waals surface area contributed by atoms with Gasteiger partial charge in [-0.2, -0.15) is 0 Å². The molecular formula is C23H24ClN3O3. The van der Waals surface area contributed by atoms with Crippen molar-refractivity contribution < 1.29 is 14.7 Å². The monoisotopic (exact) mass is 425 g/mol. The number of carboxylic acid groups (broad SMARTS) is 1. The van der Waals surface area contributed by atoms with Crippen molar-refractivity contribution in [2.24, 2.45) is 0 Å². The van der Waals surface area contributed by atoms with Crippen LogP contribution >= 0.6 is 11.6 Å². The fraction of sp³-hybridized carbons (Fsp3) is 0.304. The van der Waals surface area contributed by atoms with Crippen LogP contribution in [0.1, 0.15) is 21.6 Å². The van der Waals surface area contributed by atoms with Crippen LogP contribution in [0.15, 0.2) is 42.5 Å². The number of carboxylic acids is 1. The number of para-hydroxylation sites is 1. The first kappa shape index (κ1) is 20.3. The molecule has 1 amide bonds. The summed E-state index contributed by atoms with van der Waals surface area (Å²) in [4.78, 5) is 28.7. The Morgan fingerprint density at radius 3 is 2.43 bits per heavy atom. The molecule has 1 N–H and O–H groups in total. The van der Waals surface area contributed by atoms with Crippen molar-refractivity contribution in [1.82, 2.24) is 9.47 Å². The number of carbonyl (C=O) groups is 2. The number of anilines is 1. The maximum absolute atomic E-state index is 13.0. The number of rotatable bonds is 4. The van der Waals surface area contributed by atoms with Gasteiger partial charge in [-0.25, -0.2) is 4.79 Å². The van der Waals surface area contributed by atoms with Gasteiger partial charge in [-0.3, -0.25) is 4.79 Å². The van der Waals surface area contributed by atoms with Crippen LogP contribution in [0.5, 0.6) is 0 Å². The molecule has 0 spiro atoms. The minimum Gasteiger partial charge on any atom is -0.477 e. The lowest BCUT2D eigenvalue weighted by Crippen LogP contribution is -2.50. The van der Waals surface area contributed by atoms with Crippen LogP contribution in [0.2, 0.25) is 5.02 Å². The molecule has 30 heavy (non-hydrogen) atoms. The summed E-state index contributed by atoms with van der Waals surface area (Å²) in [6.07, 6.45) is 0. The van der Waals surface area contributed by atoms with Gasteiger partial charge in [0.25, 0.3) is 0 Å². The third kappa shape index (κ3) is 3.75. The van der Waals surface area contributed by atoms with Gasteiger partial charge in [0.15, 0.2) is 0 Å². The molecule has 7 heteroatoms. The van der Waals surface area contributed by atoms with Crippen molar-refractivity contribution in [2.75, 3.05) is 31.1 Å². The highest BCUT2D eigenvalue weighted by Gasteiger charge is 2.25. The van der Waals surface area contributed by atoms with E-state index in [9.17, 15) is 14.7 Å². The first-order valence-corrected chi connectivity index (χ1v) is 10.3. The molecule has 0 radical (unpaired) electrons. The number of nitrogens with zero attached hydrogens (tertiary/aromatic N) is 3. The second kappa shape index (κ2) is 8.03. The third-order valence-electron chi connectivity index (χ3n) is 5.71. The highest BCUT2D eigenvalue weighted by molar-refractivity contribution is 6.33. The predicted octanol–water partition coefficient (Wildman–Crippen LogP) is 3.96. The summed E-state index contributed by atoms with van der Waals surface area (Å²) in [5, 5.41) is 11.2. The van der Waals surface area contributed by atoms with Crippen LogP contribution in [0.4, 0.5) is 5.69 Å². The Hall–Kier alpha value is -2.99. The molecule has 0 aliphatic carbocycles. The first-order chi connectivity index (χ1) is 14.3. The van der Waals surface area contributed by atoms with Gasteiger partial charge in [0.1, 0.15) is 12.2 Å². The number of benzene rings is 2. The minimum absolute atomic E-state index is 0.0132. The minimum atomic E-state index is -1.03. The van der Waals surface area contributed by atoms with Gasteiger partial charge >= 0.3 is 5.97 Å². The standard InChI is InChI=1S/C23H24ClN3O3/c1-15-6-7-19-17(12-15)13-20(23(29)30)27(19)14-21(28)25-8-10-26(11-9-25)22-16(2)4-3-5-18(22)24/h3-7,12-13H,8-11,14H2,1-2H3,(H,29,30). The van der Waals surface area contributed by atoms with Crippen molar-refractivity contribution in [3.05, 3.63) is 64.3 Å². The average Bonchev–Trinajstić information content (AvgIpc) is 3.06. The number of hydrogen-bond donors (Lipinski definition) is 1. The highest BCUT2D eigenvalue weighted by atomic mass is 35.5. The molecule has 1 fully saturated rings. The van der Waals surface area contributed by atoms with Crippen LogP contribution in [0, 0.1) is 13.8 Å². The maximum atomic E-state index is 13.0. The molecule has 4 rings (SSSR count). The summed E-state index contributed by atoms with van der Waals surface area (Å²) in [6.45, 7) is 6.53. The molecule has 0 atom stereocenters. The molecule has 156 valence electrons. The number of aryl methyl sites for hydroxylation is 2. The van der Waals surface area contributed by atoms with Gasteiger partial charge in [0.05, 0.1) is 10.7 Å². The fourth-order valence-electron chi connectivity index (χ4n) is 4.18. The Balaban J connectivity index is 1.51. The molecule has 3 aromatic rings. The Bertz CT molecular complexity index is 1110. The smallest absolute Gasteiger partial charge is 0.352 e. The van der Waals surface area contributed by atoms with Gasteiger partial charge < -0.3 is 19.5 Å². The number of carbonyl (C=O) groups excluding carboxylic acids is 1. The lowest BCUT2D eigenvalue weighted by atomic mass is 10.1. The van der Waals surface area contributed by atoms with E-state index in [0.29, 0.717) is 26.2 Å². The fourth-order valence-corrected chi connectivity index (χ4v) is 4.52. The molecule has 2 aromatic carbocycles. The number of halogens is 1. The molecule has 2 heterocycles. The number of piperazine rings is 1. The maximum Gasteiger partial charge on any atom is 0.352 e. The van der Waals surface area contributed by atoms with Crippen molar-refractivity contribution in [3.63, 3.8) is 0 Å². The first-order valence-electron chi connectivity index (χ1n) is 9.96. The number of fused-ring (bicyclic) bond motifs is 1. The van der Waals surface area contributed by atoms with E-state index in [2.05, 4.69) is 4.90 Å². The van der Waals surface area contributed by atoms with E-state index in [4.69, 9.17) is 11.6 Å². The number of amides is 1. The molecule has 6 nitrogen and oxygen atoms in total. The van der Waals surface area contributed by atoms with E-state index in [-0.39, 0.29) is 18.1 Å². The molecule has 0 bridgehead atoms. The summed E-state index contributed by atoms with van der Waals surface area (Å²) in [5.41, 5.74) is 4.08. The van der Waals surface area contributed by atoms with Crippen molar-refractivity contribution in [2.45, 2.75) is 20.4 Å². The molecule has 1 aliphatic heterocycles. The van der Waals surface area contributed by atoms with Crippen LogP contribution in [-0.2, 0) is 11.3 Å². The molecule has 0 unspecified atom stereocenters. The van der Waals surface area contributed by atoms with Gasteiger partial charge in [-0.15, -0.1) is 0 Å². The highest BCUT2D eigenvalue weighted by Crippen LogP contribution is 2.30. The summed E-state index contributed by atoms with van der Waals surface area (Å²) >= 11 is 6.39. The Morgan fingerprint density at radius 1 is 1.03 bits per heavy atom. The molecule has 0 saturated carbocycles. The van der Waals surface area contributed by atoms with Gasteiger partial charge in [0, 0.05) is 37.1 Å². The predicted molar refractivity (Wildman–Crippen MR) is 119 cm³/mol. The summed E-state index contributed by atoms with van der Waals surface area (Å²) in [7, 11) is 0. The SMILES string of the molecule is Cc1ccc2c(c1)cc(C(=O)O)n2CC(=O)N1CCN(c2c(C)cccc2Cl)CC1. The third-order valence-corrected chi connectivity index (χ3v) is 6.01. The second-order valence-electron chi connectivity index (χ2n) is 7.76. The Kier molecular flexibility index (Phi) is 5.43. The Labute approximate surface area is 180 Å². The van der Waals surface area contributed by atoms with Gasteiger partial charge in [0.2, 0.25) is 5.91 Å².